The van der Waals surface area contributed by atoms with E-state index < -0.39 is 0 Å². The molecule has 5 aromatic rings. The van der Waals surface area contributed by atoms with Crippen LogP contribution in [0.15, 0.2) is 100 Å². The van der Waals surface area contributed by atoms with E-state index in [0.29, 0.717) is 0 Å². The molecular weight excluding hydrogens is 494 g/mol. The third-order valence-electron chi connectivity index (χ3n) is 5.11. The van der Waals surface area contributed by atoms with Crippen molar-refractivity contribution >= 4 is 38.6 Å². The summed E-state index contributed by atoms with van der Waals surface area (Å²) in [5.74, 6) is 0. The second kappa shape index (κ2) is 9.52. The van der Waals surface area contributed by atoms with Crippen LogP contribution in [0, 0.1) is 6.92 Å². The van der Waals surface area contributed by atoms with Crippen molar-refractivity contribution in [2.45, 2.75) is 6.92 Å². The Morgan fingerprint density at radius 3 is 2.52 bits per heavy atom. The lowest BCUT2D eigenvalue weighted by Crippen LogP contribution is -1.93. The number of aromatic nitrogens is 3. The predicted molar refractivity (Wildman–Crippen MR) is 140 cm³/mol. The molecule has 0 aliphatic rings. The first-order valence-corrected chi connectivity index (χ1v) is 12.1. The molecule has 0 spiro atoms. The SMILES string of the molecule is Cc1ccc(-c2nn(-c3ccccc3)cc2/C=N/Nc2nc(-c3ccccc3Br)cs2)cc1. The van der Waals surface area contributed by atoms with Crippen molar-refractivity contribution in [2.75, 3.05) is 5.43 Å². The minimum Gasteiger partial charge on any atom is -0.253 e. The van der Waals surface area contributed by atoms with E-state index in [0.717, 1.165) is 43.4 Å². The molecule has 0 radical (unpaired) electrons. The number of rotatable bonds is 6. The zero-order valence-corrected chi connectivity index (χ0v) is 20.2. The Labute approximate surface area is 204 Å². The van der Waals surface area contributed by atoms with Crippen LogP contribution in [0.5, 0.6) is 0 Å². The molecule has 2 heterocycles. The van der Waals surface area contributed by atoms with Gasteiger partial charge in [-0.2, -0.15) is 10.2 Å². The molecule has 2 aromatic heterocycles. The maximum absolute atomic E-state index is 4.84. The number of thiazole rings is 1. The summed E-state index contributed by atoms with van der Waals surface area (Å²) in [7, 11) is 0. The van der Waals surface area contributed by atoms with Gasteiger partial charge in [0.2, 0.25) is 5.13 Å². The molecule has 0 amide bonds. The summed E-state index contributed by atoms with van der Waals surface area (Å²) in [6.07, 6.45) is 3.78. The van der Waals surface area contributed by atoms with Gasteiger partial charge in [-0.1, -0.05) is 82.2 Å². The molecule has 0 saturated carbocycles. The second-order valence-corrected chi connectivity index (χ2v) is 9.18. The topological polar surface area (TPSA) is 55.1 Å². The van der Waals surface area contributed by atoms with Crippen LogP contribution in [0.4, 0.5) is 5.13 Å². The molecule has 0 fully saturated rings. The van der Waals surface area contributed by atoms with Crippen molar-refractivity contribution in [1.82, 2.24) is 14.8 Å². The molecule has 5 rings (SSSR count). The van der Waals surface area contributed by atoms with Crippen LogP contribution < -0.4 is 5.43 Å². The molecular formula is C26H20BrN5S. The normalized spacial score (nSPS) is 11.2. The minimum atomic E-state index is 0.726. The van der Waals surface area contributed by atoms with E-state index >= 15 is 0 Å². The first kappa shape index (κ1) is 21.3. The lowest BCUT2D eigenvalue weighted by Gasteiger charge is -2.01. The van der Waals surface area contributed by atoms with E-state index in [1.807, 2.05) is 70.9 Å². The van der Waals surface area contributed by atoms with Crippen LogP contribution in [0.1, 0.15) is 11.1 Å². The maximum atomic E-state index is 4.84. The molecule has 33 heavy (non-hydrogen) atoms. The highest BCUT2D eigenvalue weighted by molar-refractivity contribution is 9.10. The van der Waals surface area contributed by atoms with Crippen LogP contribution in [-0.4, -0.2) is 21.0 Å². The van der Waals surface area contributed by atoms with Crippen molar-refractivity contribution in [2.24, 2.45) is 5.10 Å². The number of aryl methyl sites for hydroxylation is 1. The van der Waals surface area contributed by atoms with Gasteiger partial charge in [0.25, 0.3) is 0 Å². The summed E-state index contributed by atoms with van der Waals surface area (Å²) in [5, 5.41) is 12.0. The number of para-hydroxylation sites is 1. The average Bonchev–Trinajstić information content (AvgIpc) is 3.48. The number of benzene rings is 3. The number of hydrogen-bond donors (Lipinski definition) is 1. The molecule has 3 aromatic carbocycles. The average molecular weight is 514 g/mol. The highest BCUT2D eigenvalue weighted by atomic mass is 79.9. The van der Waals surface area contributed by atoms with Crippen LogP contribution in [-0.2, 0) is 0 Å². The van der Waals surface area contributed by atoms with Gasteiger partial charge in [-0.25, -0.2) is 9.67 Å². The highest BCUT2D eigenvalue weighted by Crippen LogP contribution is 2.30. The molecule has 0 saturated heterocycles. The van der Waals surface area contributed by atoms with Crippen molar-refractivity contribution < 1.29 is 0 Å². The first-order chi connectivity index (χ1) is 16.2. The molecule has 0 aliphatic carbocycles. The summed E-state index contributed by atoms with van der Waals surface area (Å²) in [5.41, 5.74) is 10.1. The van der Waals surface area contributed by atoms with Crippen LogP contribution in [0.2, 0.25) is 0 Å². The van der Waals surface area contributed by atoms with Gasteiger partial charge >= 0.3 is 0 Å². The lowest BCUT2D eigenvalue weighted by atomic mass is 10.1. The van der Waals surface area contributed by atoms with Gasteiger partial charge in [-0.15, -0.1) is 11.3 Å². The molecule has 0 aliphatic heterocycles. The van der Waals surface area contributed by atoms with Crippen molar-refractivity contribution in [3.63, 3.8) is 0 Å². The van der Waals surface area contributed by atoms with Crippen molar-refractivity contribution in [3.05, 3.63) is 106 Å². The van der Waals surface area contributed by atoms with Gasteiger partial charge in [0.15, 0.2) is 0 Å². The third-order valence-corrected chi connectivity index (χ3v) is 6.54. The van der Waals surface area contributed by atoms with E-state index in [9.17, 15) is 0 Å². The number of hydrogen-bond acceptors (Lipinski definition) is 5. The number of halogens is 1. The van der Waals surface area contributed by atoms with E-state index in [1.54, 1.807) is 6.21 Å². The highest BCUT2D eigenvalue weighted by Gasteiger charge is 2.11. The standard InChI is InChI=1S/C26H20BrN5S/c1-18-11-13-19(14-12-18)25-20(16-32(31-25)21-7-3-2-4-8-21)15-28-30-26-29-24(17-33-26)22-9-5-6-10-23(22)27/h2-17H,1H3,(H,29,30)/b28-15+. The van der Waals surface area contributed by atoms with Gasteiger partial charge < -0.3 is 0 Å². The van der Waals surface area contributed by atoms with Gasteiger partial charge in [0.05, 0.1) is 17.6 Å². The molecule has 1 N–H and O–H groups in total. The minimum absolute atomic E-state index is 0.726. The molecule has 0 unspecified atom stereocenters. The summed E-state index contributed by atoms with van der Waals surface area (Å²) < 4.78 is 2.90. The van der Waals surface area contributed by atoms with Crippen LogP contribution in [0.3, 0.4) is 0 Å². The smallest absolute Gasteiger partial charge is 0.203 e. The lowest BCUT2D eigenvalue weighted by molar-refractivity contribution is 0.884. The van der Waals surface area contributed by atoms with Crippen LogP contribution in [0.25, 0.3) is 28.2 Å². The first-order valence-electron chi connectivity index (χ1n) is 10.4. The number of anilines is 1. The van der Waals surface area contributed by atoms with Crippen LogP contribution >= 0.6 is 27.3 Å². The van der Waals surface area contributed by atoms with Gasteiger partial charge in [-0.05, 0) is 25.1 Å². The zero-order chi connectivity index (χ0) is 22.6. The van der Waals surface area contributed by atoms with E-state index in [4.69, 9.17) is 5.10 Å². The Kier molecular flexibility index (Phi) is 6.15. The van der Waals surface area contributed by atoms with Crippen molar-refractivity contribution in [3.8, 4) is 28.2 Å². The zero-order valence-electron chi connectivity index (χ0n) is 17.8. The van der Waals surface area contributed by atoms with Crippen molar-refractivity contribution in [1.29, 1.82) is 0 Å². The van der Waals surface area contributed by atoms with Gasteiger partial charge in [-0.3, -0.25) is 5.43 Å². The second-order valence-electron chi connectivity index (χ2n) is 7.47. The fraction of sp³-hybridized carbons (Fsp3) is 0.0385. The summed E-state index contributed by atoms with van der Waals surface area (Å²) in [4.78, 5) is 4.66. The van der Waals surface area contributed by atoms with Gasteiger partial charge in [0, 0.05) is 32.7 Å². The Bertz CT molecular complexity index is 1400. The van der Waals surface area contributed by atoms with Gasteiger partial charge in [0.1, 0.15) is 5.69 Å². The summed E-state index contributed by atoms with van der Waals surface area (Å²) in [6, 6.07) is 26.5. The molecule has 7 heteroatoms. The number of nitrogens with one attached hydrogen (secondary N) is 1. The quantitative estimate of drug-likeness (QED) is 0.193. The van der Waals surface area contributed by atoms with E-state index in [-0.39, 0.29) is 0 Å². The Morgan fingerprint density at radius 1 is 0.970 bits per heavy atom. The van der Waals surface area contributed by atoms with E-state index in [2.05, 4.69) is 62.6 Å². The van der Waals surface area contributed by atoms with E-state index in [1.165, 1.54) is 16.9 Å². The molecule has 5 nitrogen and oxygen atoms in total. The fourth-order valence-electron chi connectivity index (χ4n) is 3.41. The largest absolute Gasteiger partial charge is 0.253 e. The summed E-state index contributed by atoms with van der Waals surface area (Å²) >= 11 is 5.10. The predicted octanol–water partition coefficient (Wildman–Crippen LogP) is 7.18. The number of nitrogens with zero attached hydrogens (tertiary/aromatic N) is 4. The number of hydrazone groups is 1. The monoisotopic (exact) mass is 513 g/mol. The third kappa shape index (κ3) is 4.79. The maximum Gasteiger partial charge on any atom is 0.203 e. The molecule has 162 valence electrons. The Morgan fingerprint density at radius 2 is 1.73 bits per heavy atom. The Hall–Kier alpha value is -3.55. The Balaban J connectivity index is 1.42. The molecule has 0 bridgehead atoms. The fourth-order valence-corrected chi connectivity index (χ4v) is 4.55. The molecule has 0 atom stereocenters. The summed E-state index contributed by atoms with van der Waals surface area (Å²) in [6.45, 7) is 2.08.